The lowest BCUT2D eigenvalue weighted by Gasteiger charge is -2.30. The number of hydrogen-bond acceptors (Lipinski definition) is 4. The summed E-state index contributed by atoms with van der Waals surface area (Å²) in [5.74, 6) is 2.69. The average Bonchev–Trinajstić information content (AvgIpc) is 2.90. The number of rotatable bonds is 3. The number of piperidine rings is 1. The van der Waals surface area contributed by atoms with Crippen molar-refractivity contribution in [3.05, 3.63) is 11.6 Å². The van der Waals surface area contributed by atoms with Gasteiger partial charge in [0.25, 0.3) is 0 Å². The minimum Gasteiger partial charge on any atom is -0.351 e. The molecular weight excluding hydrogens is 278 g/mol. The molecule has 2 N–H and O–H groups in total. The van der Waals surface area contributed by atoms with Gasteiger partial charge in [0.2, 0.25) is 5.91 Å². The molecule has 6 heteroatoms. The van der Waals surface area contributed by atoms with Crippen molar-refractivity contribution in [1.82, 2.24) is 25.4 Å². The highest BCUT2D eigenvalue weighted by Crippen LogP contribution is 2.19. The zero-order chi connectivity index (χ0) is 15.7. The van der Waals surface area contributed by atoms with Crippen molar-refractivity contribution in [2.45, 2.75) is 71.0 Å². The Labute approximate surface area is 132 Å². The highest BCUT2D eigenvalue weighted by atomic mass is 16.2. The van der Waals surface area contributed by atoms with Gasteiger partial charge < -0.3 is 10.6 Å². The third-order valence-electron chi connectivity index (χ3n) is 4.73. The maximum absolute atomic E-state index is 12.5. The van der Waals surface area contributed by atoms with Crippen LogP contribution in [0.1, 0.15) is 57.6 Å². The van der Waals surface area contributed by atoms with E-state index in [1.807, 2.05) is 4.68 Å². The van der Waals surface area contributed by atoms with E-state index in [0.717, 1.165) is 50.4 Å². The standard InChI is InChI=1S/C16H27N5O/c1-10(2)15-19-14-5-4-13(9-21(14)20-15)18-16(22)12-6-7-17-11(3)8-12/h10-13,17H,4-9H2,1-3H3,(H,18,22)/t11-,12-,13?/m0/s1. The molecule has 0 saturated carbocycles. The average molecular weight is 305 g/mol. The van der Waals surface area contributed by atoms with Gasteiger partial charge in [-0.05, 0) is 32.7 Å². The molecule has 0 bridgehead atoms. The lowest BCUT2D eigenvalue weighted by Crippen LogP contribution is -2.47. The summed E-state index contributed by atoms with van der Waals surface area (Å²) in [6, 6.07) is 0.623. The third kappa shape index (κ3) is 3.32. The van der Waals surface area contributed by atoms with Gasteiger partial charge in [0, 0.05) is 30.3 Å². The number of carbonyl (C=O) groups excluding carboxylic acids is 1. The Morgan fingerprint density at radius 1 is 1.41 bits per heavy atom. The van der Waals surface area contributed by atoms with E-state index < -0.39 is 0 Å². The summed E-state index contributed by atoms with van der Waals surface area (Å²) in [7, 11) is 0. The van der Waals surface area contributed by atoms with Crippen molar-refractivity contribution >= 4 is 5.91 Å². The normalized spacial score (nSPS) is 28.5. The van der Waals surface area contributed by atoms with Crippen molar-refractivity contribution in [3.8, 4) is 0 Å². The van der Waals surface area contributed by atoms with E-state index >= 15 is 0 Å². The number of amides is 1. The molecule has 22 heavy (non-hydrogen) atoms. The molecule has 1 saturated heterocycles. The predicted molar refractivity (Wildman–Crippen MR) is 84.6 cm³/mol. The molecule has 0 radical (unpaired) electrons. The van der Waals surface area contributed by atoms with Crippen LogP contribution in [0.4, 0.5) is 0 Å². The summed E-state index contributed by atoms with van der Waals surface area (Å²) in [6.45, 7) is 8.06. The SMILES string of the molecule is CC(C)c1nc2n(n1)CC(NC(=O)[C@H]1CCN[C@@H](C)C1)CC2. The summed E-state index contributed by atoms with van der Waals surface area (Å²) in [5, 5.41) is 11.2. The van der Waals surface area contributed by atoms with Gasteiger partial charge in [-0.25, -0.2) is 9.67 Å². The first-order valence-electron chi connectivity index (χ1n) is 8.50. The lowest BCUT2D eigenvalue weighted by molar-refractivity contribution is -0.127. The van der Waals surface area contributed by atoms with Gasteiger partial charge in [-0.15, -0.1) is 0 Å². The maximum atomic E-state index is 12.5. The zero-order valence-corrected chi connectivity index (χ0v) is 13.8. The van der Waals surface area contributed by atoms with E-state index in [1.165, 1.54) is 0 Å². The second-order valence-corrected chi connectivity index (χ2v) is 7.04. The fourth-order valence-corrected chi connectivity index (χ4v) is 3.38. The molecular formula is C16H27N5O. The highest BCUT2D eigenvalue weighted by Gasteiger charge is 2.28. The maximum Gasteiger partial charge on any atom is 0.223 e. The Balaban J connectivity index is 1.59. The Kier molecular flexibility index (Phi) is 4.47. The largest absolute Gasteiger partial charge is 0.351 e. The summed E-state index contributed by atoms with van der Waals surface area (Å²) in [4.78, 5) is 17.0. The van der Waals surface area contributed by atoms with E-state index in [1.54, 1.807) is 0 Å². The number of nitrogens with zero attached hydrogens (tertiary/aromatic N) is 3. The summed E-state index contributed by atoms with van der Waals surface area (Å²) < 4.78 is 1.98. The van der Waals surface area contributed by atoms with Crippen LogP contribution in [0.2, 0.25) is 0 Å². The molecule has 3 rings (SSSR count). The molecule has 0 aromatic carbocycles. The van der Waals surface area contributed by atoms with Gasteiger partial charge >= 0.3 is 0 Å². The molecule has 1 amide bonds. The second kappa shape index (κ2) is 6.36. The zero-order valence-electron chi connectivity index (χ0n) is 13.8. The van der Waals surface area contributed by atoms with Gasteiger partial charge in [0.05, 0.1) is 6.54 Å². The molecule has 1 fully saturated rings. The minimum absolute atomic E-state index is 0.152. The first kappa shape index (κ1) is 15.5. The number of fused-ring (bicyclic) bond motifs is 1. The number of carbonyl (C=O) groups is 1. The number of aryl methyl sites for hydroxylation is 1. The molecule has 3 atom stereocenters. The van der Waals surface area contributed by atoms with Crippen LogP contribution in [0.3, 0.4) is 0 Å². The first-order chi connectivity index (χ1) is 10.5. The highest BCUT2D eigenvalue weighted by molar-refractivity contribution is 5.79. The Morgan fingerprint density at radius 3 is 2.95 bits per heavy atom. The molecule has 2 aliphatic rings. The summed E-state index contributed by atoms with van der Waals surface area (Å²) >= 11 is 0. The fraction of sp³-hybridized carbons (Fsp3) is 0.812. The van der Waals surface area contributed by atoms with Crippen LogP contribution >= 0.6 is 0 Å². The van der Waals surface area contributed by atoms with Crippen LogP contribution in [0.15, 0.2) is 0 Å². The molecule has 0 aliphatic carbocycles. The number of hydrogen-bond donors (Lipinski definition) is 2. The van der Waals surface area contributed by atoms with Gasteiger partial charge in [0.1, 0.15) is 5.82 Å². The van der Waals surface area contributed by atoms with E-state index in [2.05, 4.69) is 41.5 Å². The van der Waals surface area contributed by atoms with Crippen LogP contribution in [-0.4, -0.2) is 39.3 Å². The molecule has 1 aromatic rings. The fourth-order valence-electron chi connectivity index (χ4n) is 3.38. The van der Waals surface area contributed by atoms with Crippen LogP contribution in [-0.2, 0) is 17.8 Å². The van der Waals surface area contributed by atoms with E-state index in [9.17, 15) is 4.79 Å². The van der Waals surface area contributed by atoms with Crippen LogP contribution in [0, 0.1) is 5.92 Å². The summed E-state index contributed by atoms with van der Waals surface area (Å²) in [5.41, 5.74) is 0. The second-order valence-electron chi connectivity index (χ2n) is 7.04. The molecule has 1 unspecified atom stereocenters. The van der Waals surface area contributed by atoms with Crippen LogP contribution in [0.25, 0.3) is 0 Å². The Hall–Kier alpha value is -1.43. The predicted octanol–water partition coefficient (Wildman–Crippen LogP) is 1.22. The smallest absolute Gasteiger partial charge is 0.223 e. The Morgan fingerprint density at radius 2 is 2.23 bits per heavy atom. The molecule has 6 nitrogen and oxygen atoms in total. The molecule has 0 spiro atoms. The Bertz CT molecular complexity index is 539. The van der Waals surface area contributed by atoms with Crippen molar-refractivity contribution in [2.24, 2.45) is 5.92 Å². The van der Waals surface area contributed by atoms with Crippen LogP contribution in [0.5, 0.6) is 0 Å². The van der Waals surface area contributed by atoms with Crippen molar-refractivity contribution in [3.63, 3.8) is 0 Å². The quantitative estimate of drug-likeness (QED) is 0.881. The molecule has 2 aliphatic heterocycles. The monoisotopic (exact) mass is 305 g/mol. The molecule has 1 aromatic heterocycles. The van der Waals surface area contributed by atoms with E-state index in [0.29, 0.717) is 12.0 Å². The van der Waals surface area contributed by atoms with Crippen molar-refractivity contribution in [1.29, 1.82) is 0 Å². The topological polar surface area (TPSA) is 71.8 Å². The van der Waals surface area contributed by atoms with Gasteiger partial charge in [-0.2, -0.15) is 5.10 Å². The minimum atomic E-state index is 0.152. The summed E-state index contributed by atoms with van der Waals surface area (Å²) in [6.07, 6.45) is 3.73. The van der Waals surface area contributed by atoms with E-state index in [4.69, 9.17) is 0 Å². The molecule has 122 valence electrons. The first-order valence-corrected chi connectivity index (χ1v) is 8.50. The van der Waals surface area contributed by atoms with Crippen molar-refractivity contribution < 1.29 is 4.79 Å². The third-order valence-corrected chi connectivity index (χ3v) is 4.73. The van der Waals surface area contributed by atoms with Gasteiger partial charge in [0.15, 0.2) is 5.82 Å². The van der Waals surface area contributed by atoms with Gasteiger partial charge in [-0.3, -0.25) is 4.79 Å². The van der Waals surface area contributed by atoms with Crippen molar-refractivity contribution in [2.75, 3.05) is 6.54 Å². The van der Waals surface area contributed by atoms with Gasteiger partial charge in [-0.1, -0.05) is 13.8 Å². The number of aromatic nitrogens is 3. The lowest BCUT2D eigenvalue weighted by atomic mass is 9.92. The number of nitrogens with one attached hydrogen (secondary N) is 2. The molecule has 3 heterocycles. The van der Waals surface area contributed by atoms with E-state index in [-0.39, 0.29) is 17.9 Å². The van der Waals surface area contributed by atoms with Crippen LogP contribution < -0.4 is 10.6 Å².